The number of amides is 3. The highest BCUT2D eigenvalue weighted by Crippen LogP contribution is 2.24. The zero-order valence-electron chi connectivity index (χ0n) is 13.8. The summed E-state index contributed by atoms with van der Waals surface area (Å²) in [4.78, 5) is 36.1. The Kier molecular flexibility index (Phi) is 8.55. The van der Waals surface area contributed by atoms with Gasteiger partial charge in [-0.2, -0.15) is 0 Å². The lowest BCUT2D eigenvalue weighted by molar-refractivity contribution is -0.138. The van der Waals surface area contributed by atoms with Crippen LogP contribution in [0.15, 0.2) is 0 Å². The molecule has 0 bridgehead atoms. The van der Waals surface area contributed by atoms with Gasteiger partial charge in [-0.25, -0.2) is 0 Å². The molecule has 2 fully saturated rings. The molecule has 2 N–H and O–H groups in total. The van der Waals surface area contributed by atoms with Gasteiger partial charge in [0.1, 0.15) is 0 Å². The van der Waals surface area contributed by atoms with Crippen LogP contribution in [0.3, 0.4) is 0 Å². The maximum absolute atomic E-state index is 11.9. The summed E-state index contributed by atoms with van der Waals surface area (Å²) in [5, 5.41) is 6.24. The Labute approximate surface area is 144 Å². The molecule has 2 aliphatic heterocycles. The lowest BCUT2D eigenvalue weighted by Crippen LogP contribution is -2.35. The first-order chi connectivity index (χ1) is 10.6. The minimum atomic E-state index is -0.0872. The lowest BCUT2D eigenvalue weighted by atomic mass is 9.84. The molecule has 2 saturated heterocycles. The molecule has 0 aromatic carbocycles. The first-order valence-corrected chi connectivity index (χ1v) is 8.38. The number of piperidine rings is 1. The Hall–Kier alpha value is -1.14. The van der Waals surface area contributed by atoms with Crippen LogP contribution in [0, 0.1) is 11.8 Å². The Morgan fingerprint density at radius 3 is 2.48 bits per heavy atom. The van der Waals surface area contributed by atoms with E-state index in [0.717, 1.165) is 25.9 Å². The van der Waals surface area contributed by atoms with Crippen LogP contribution in [0.1, 0.15) is 45.4 Å². The topological polar surface area (TPSA) is 78.5 Å². The van der Waals surface area contributed by atoms with Crippen molar-refractivity contribution in [2.24, 2.45) is 11.8 Å². The van der Waals surface area contributed by atoms with Crippen LogP contribution in [-0.2, 0) is 14.4 Å². The average molecular weight is 346 g/mol. The van der Waals surface area contributed by atoms with Gasteiger partial charge in [-0.05, 0) is 44.2 Å². The van der Waals surface area contributed by atoms with Gasteiger partial charge < -0.3 is 10.6 Å². The van der Waals surface area contributed by atoms with Gasteiger partial charge in [0.15, 0.2) is 0 Å². The zero-order valence-corrected chi connectivity index (χ0v) is 14.6. The van der Waals surface area contributed by atoms with E-state index in [-0.39, 0.29) is 30.1 Å². The van der Waals surface area contributed by atoms with Crippen molar-refractivity contribution in [1.29, 1.82) is 0 Å². The molecule has 0 aromatic rings. The number of carbonyl (C=O) groups excluding carboxylic acids is 3. The van der Waals surface area contributed by atoms with Crippen LogP contribution >= 0.6 is 12.4 Å². The molecule has 7 heteroatoms. The van der Waals surface area contributed by atoms with Crippen molar-refractivity contribution in [3.05, 3.63) is 0 Å². The molecule has 0 aromatic heterocycles. The Morgan fingerprint density at radius 2 is 1.87 bits per heavy atom. The standard InChI is InChI=1S/C16H27N3O3.ClH/c1-12(13-5-8-17-9-6-13)11-14(20)18-7-2-10-19-15(21)3-4-16(19)22;/h12-13,17H,2-11H2,1H3,(H,18,20);1H. The third kappa shape index (κ3) is 6.11. The third-order valence-electron chi connectivity index (χ3n) is 4.73. The number of imide groups is 1. The average Bonchev–Trinajstić information content (AvgIpc) is 2.83. The molecular weight excluding hydrogens is 318 g/mol. The minimum absolute atomic E-state index is 0. The molecule has 0 saturated carbocycles. The van der Waals surface area contributed by atoms with E-state index in [1.54, 1.807) is 0 Å². The Bertz CT molecular complexity index is 409. The summed E-state index contributed by atoms with van der Waals surface area (Å²) in [6.45, 7) is 5.19. The Balaban J connectivity index is 0.00000264. The van der Waals surface area contributed by atoms with Gasteiger partial charge in [0.2, 0.25) is 17.7 Å². The van der Waals surface area contributed by atoms with Gasteiger partial charge in [0.25, 0.3) is 0 Å². The first kappa shape index (κ1) is 19.9. The van der Waals surface area contributed by atoms with Crippen molar-refractivity contribution >= 4 is 30.1 Å². The second-order valence-corrected chi connectivity index (χ2v) is 6.41. The molecule has 2 aliphatic rings. The van der Waals surface area contributed by atoms with Crippen LogP contribution in [0.4, 0.5) is 0 Å². The summed E-state index contributed by atoms with van der Waals surface area (Å²) in [6.07, 6.45) is 4.15. The fourth-order valence-electron chi connectivity index (χ4n) is 3.28. The highest BCUT2D eigenvalue weighted by Gasteiger charge is 2.28. The van der Waals surface area contributed by atoms with Gasteiger partial charge in [-0.3, -0.25) is 19.3 Å². The van der Waals surface area contributed by atoms with E-state index in [9.17, 15) is 14.4 Å². The van der Waals surface area contributed by atoms with E-state index in [2.05, 4.69) is 17.6 Å². The first-order valence-electron chi connectivity index (χ1n) is 8.38. The van der Waals surface area contributed by atoms with E-state index in [1.165, 1.54) is 4.90 Å². The smallest absolute Gasteiger partial charge is 0.229 e. The van der Waals surface area contributed by atoms with Gasteiger partial charge >= 0.3 is 0 Å². The number of nitrogens with zero attached hydrogens (tertiary/aromatic N) is 1. The van der Waals surface area contributed by atoms with Gasteiger partial charge in [-0.15, -0.1) is 12.4 Å². The molecule has 23 heavy (non-hydrogen) atoms. The number of hydrogen-bond donors (Lipinski definition) is 2. The molecule has 0 radical (unpaired) electrons. The molecule has 1 unspecified atom stereocenters. The fraction of sp³-hybridized carbons (Fsp3) is 0.812. The van der Waals surface area contributed by atoms with Crippen LogP contribution in [-0.4, -0.2) is 48.8 Å². The van der Waals surface area contributed by atoms with E-state index in [1.807, 2.05) is 0 Å². The molecule has 6 nitrogen and oxygen atoms in total. The van der Waals surface area contributed by atoms with E-state index < -0.39 is 0 Å². The van der Waals surface area contributed by atoms with Crippen LogP contribution in [0.25, 0.3) is 0 Å². The van der Waals surface area contributed by atoms with Crippen molar-refractivity contribution in [1.82, 2.24) is 15.5 Å². The van der Waals surface area contributed by atoms with Crippen molar-refractivity contribution in [2.45, 2.75) is 45.4 Å². The molecular formula is C16H28ClN3O3. The van der Waals surface area contributed by atoms with Crippen LogP contribution < -0.4 is 10.6 Å². The number of likely N-dealkylation sites (tertiary alicyclic amines) is 1. The SMILES string of the molecule is CC(CC(=O)NCCCN1C(=O)CCC1=O)C1CCNCC1.Cl. The largest absolute Gasteiger partial charge is 0.356 e. The number of hydrogen-bond acceptors (Lipinski definition) is 4. The van der Waals surface area contributed by atoms with Crippen molar-refractivity contribution in [2.75, 3.05) is 26.2 Å². The maximum Gasteiger partial charge on any atom is 0.229 e. The fourth-order valence-corrected chi connectivity index (χ4v) is 3.28. The minimum Gasteiger partial charge on any atom is -0.356 e. The Morgan fingerprint density at radius 1 is 1.26 bits per heavy atom. The molecule has 1 atom stereocenters. The summed E-state index contributed by atoms with van der Waals surface area (Å²) in [5.41, 5.74) is 0. The van der Waals surface area contributed by atoms with Crippen molar-refractivity contribution in [3.8, 4) is 0 Å². The molecule has 2 rings (SSSR count). The summed E-state index contributed by atoms with van der Waals surface area (Å²) in [7, 11) is 0. The van der Waals surface area contributed by atoms with Gasteiger partial charge in [0, 0.05) is 32.4 Å². The molecule has 0 spiro atoms. The predicted molar refractivity (Wildman–Crippen MR) is 90.2 cm³/mol. The van der Waals surface area contributed by atoms with Crippen LogP contribution in [0.2, 0.25) is 0 Å². The summed E-state index contributed by atoms with van der Waals surface area (Å²) >= 11 is 0. The summed E-state index contributed by atoms with van der Waals surface area (Å²) in [5.74, 6) is 0.938. The molecule has 0 aliphatic carbocycles. The third-order valence-corrected chi connectivity index (χ3v) is 4.73. The molecule has 132 valence electrons. The van der Waals surface area contributed by atoms with Gasteiger partial charge in [-0.1, -0.05) is 6.92 Å². The maximum atomic E-state index is 11.9. The second-order valence-electron chi connectivity index (χ2n) is 6.41. The normalized spacial score (nSPS) is 20.3. The van der Waals surface area contributed by atoms with Crippen molar-refractivity contribution < 1.29 is 14.4 Å². The summed E-state index contributed by atoms with van der Waals surface area (Å²) < 4.78 is 0. The van der Waals surface area contributed by atoms with E-state index in [0.29, 0.717) is 50.6 Å². The predicted octanol–water partition coefficient (Wildman–Crippen LogP) is 1.09. The van der Waals surface area contributed by atoms with Gasteiger partial charge in [0.05, 0.1) is 0 Å². The van der Waals surface area contributed by atoms with E-state index >= 15 is 0 Å². The van der Waals surface area contributed by atoms with Crippen LogP contribution in [0.5, 0.6) is 0 Å². The van der Waals surface area contributed by atoms with Crippen molar-refractivity contribution in [3.63, 3.8) is 0 Å². The highest BCUT2D eigenvalue weighted by atomic mass is 35.5. The number of nitrogens with one attached hydrogen (secondary N) is 2. The second kappa shape index (κ2) is 9.88. The zero-order chi connectivity index (χ0) is 15.9. The number of carbonyl (C=O) groups is 3. The number of halogens is 1. The highest BCUT2D eigenvalue weighted by molar-refractivity contribution is 6.01. The molecule has 2 heterocycles. The monoisotopic (exact) mass is 345 g/mol. The van der Waals surface area contributed by atoms with E-state index in [4.69, 9.17) is 0 Å². The summed E-state index contributed by atoms with van der Waals surface area (Å²) in [6, 6.07) is 0. The lowest BCUT2D eigenvalue weighted by Gasteiger charge is -2.27. The number of rotatable bonds is 7. The quantitative estimate of drug-likeness (QED) is 0.535. The molecule has 3 amide bonds.